The molecule has 0 bridgehead atoms. The van der Waals surface area contributed by atoms with Gasteiger partial charge in [-0.1, -0.05) is 36.4 Å². The lowest BCUT2D eigenvalue weighted by Gasteiger charge is -2.15. The van der Waals surface area contributed by atoms with Crippen molar-refractivity contribution in [2.75, 3.05) is 26.1 Å². The summed E-state index contributed by atoms with van der Waals surface area (Å²) in [7, 11) is 3.11. The molecule has 2 amide bonds. The molecule has 2 aromatic carbocycles. The molecular formula is C24H22N2O4S. The van der Waals surface area contributed by atoms with Crippen LogP contribution in [0.2, 0.25) is 0 Å². The fourth-order valence-corrected chi connectivity index (χ4v) is 4.26. The number of rotatable bonds is 8. The van der Waals surface area contributed by atoms with Gasteiger partial charge in [0.1, 0.15) is 5.70 Å². The number of amides is 2. The van der Waals surface area contributed by atoms with E-state index >= 15 is 0 Å². The molecule has 0 fully saturated rings. The molecule has 1 aliphatic heterocycles. The van der Waals surface area contributed by atoms with Crippen molar-refractivity contribution in [3.63, 3.8) is 0 Å². The SMILES string of the molecule is COc1ccc(NC2=C(c3cccs3)C(=O)N(CCc3ccccc3)C2=O)cc1OC. The van der Waals surface area contributed by atoms with E-state index in [0.29, 0.717) is 35.7 Å². The highest BCUT2D eigenvalue weighted by molar-refractivity contribution is 7.11. The molecule has 0 atom stereocenters. The number of carbonyl (C=O) groups excluding carboxylic acids is 2. The van der Waals surface area contributed by atoms with Gasteiger partial charge in [-0.15, -0.1) is 11.3 Å². The lowest BCUT2D eigenvalue weighted by molar-refractivity contribution is -0.136. The minimum Gasteiger partial charge on any atom is -0.493 e. The molecule has 0 aliphatic carbocycles. The summed E-state index contributed by atoms with van der Waals surface area (Å²) >= 11 is 1.43. The third kappa shape index (κ3) is 4.18. The Balaban J connectivity index is 1.64. The van der Waals surface area contributed by atoms with Crippen LogP contribution in [0, 0.1) is 0 Å². The molecule has 3 aromatic rings. The van der Waals surface area contributed by atoms with Crippen molar-refractivity contribution in [1.82, 2.24) is 4.90 Å². The van der Waals surface area contributed by atoms with Crippen molar-refractivity contribution in [2.45, 2.75) is 6.42 Å². The normalized spacial score (nSPS) is 13.7. The molecule has 1 aliphatic rings. The van der Waals surface area contributed by atoms with Gasteiger partial charge in [-0.2, -0.15) is 0 Å². The summed E-state index contributed by atoms with van der Waals surface area (Å²) in [4.78, 5) is 28.6. The largest absolute Gasteiger partial charge is 0.493 e. The zero-order chi connectivity index (χ0) is 21.8. The molecule has 1 N–H and O–H groups in total. The van der Waals surface area contributed by atoms with Gasteiger partial charge in [-0.3, -0.25) is 14.5 Å². The van der Waals surface area contributed by atoms with Crippen LogP contribution in [0.15, 0.2) is 71.7 Å². The first-order valence-electron chi connectivity index (χ1n) is 9.79. The first kappa shape index (κ1) is 20.7. The third-order valence-electron chi connectivity index (χ3n) is 5.06. The van der Waals surface area contributed by atoms with Crippen LogP contribution in [0.3, 0.4) is 0 Å². The second kappa shape index (κ2) is 9.06. The van der Waals surface area contributed by atoms with Crippen molar-refractivity contribution in [1.29, 1.82) is 0 Å². The van der Waals surface area contributed by atoms with E-state index in [1.165, 1.54) is 16.2 Å². The Hall–Kier alpha value is -3.58. The highest BCUT2D eigenvalue weighted by Gasteiger charge is 2.39. The first-order valence-corrected chi connectivity index (χ1v) is 10.7. The topological polar surface area (TPSA) is 67.9 Å². The Labute approximate surface area is 184 Å². The maximum atomic E-state index is 13.3. The van der Waals surface area contributed by atoms with Crippen LogP contribution < -0.4 is 14.8 Å². The van der Waals surface area contributed by atoms with Gasteiger partial charge < -0.3 is 14.8 Å². The fraction of sp³-hybridized carbons (Fsp3) is 0.167. The quantitative estimate of drug-likeness (QED) is 0.538. The van der Waals surface area contributed by atoms with E-state index in [4.69, 9.17) is 9.47 Å². The Morgan fingerprint density at radius 2 is 1.68 bits per heavy atom. The van der Waals surface area contributed by atoms with E-state index in [0.717, 1.165) is 10.4 Å². The zero-order valence-corrected chi connectivity index (χ0v) is 18.1. The average molecular weight is 435 g/mol. The summed E-state index contributed by atoms with van der Waals surface area (Å²) in [5.74, 6) is 0.493. The molecule has 4 rings (SSSR count). The number of carbonyl (C=O) groups is 2. The van der Waals surface area contributed by atoms with E-state index in [1.54, 1.807) is 32.4 Å². The van der Waals surface area contributed by atoms with Crippen molar-refractivity contribution in [3.05, 3.63) is 82.2 Å². The number of anilines is 1. The van der Waals surface area contributed by atoms with Gasteiger partial charge in [0, 0.05) is 23.2 Å². The monoisotopic (exact) mass is 434 g/mol. The molecule has 0 unspecified atom stereocenters. The molecule has 0 radical (unpaired) electrons. The predicted octanol–water partition coefficient (Wildman–Crippen LogP) is 4.20. The maximum absolute atomic E-state index is 13.3. The summed E-state index contributed by atoms with van der Waals surface area (Å²) in [6.45, 7) is 0.313. The van der Waals surface area contributed by atoms with Crippen LogP contribution in [-0.2, 0) is 16.0 Å². The Morgan fingerprint density at radius 3 is 2.35 bits per heavy atom. The third-order valence-corrected chi connectivity index (χ3v) is 5.94. The minimum atomic E-state index is -0.334. The van der Waals surface area contributed by atoms with Crippen molar-refractivity contribution >= 4 is 34.4 Å². The number of nitrogens with one attached hydrogen (secondary N) is 1. The van der Waals surface area contributed by atoms with Crippen LogP contribution in [0.4, 0.5) is 5.69 Å². The van der Waals surface area contributed by atoms with Gasteiger partial charge in [0.15, 0.2) is 11.5 Å². The van der Waals surface area contributed by atoms with Crippen molar-refractivity contribution < 1.29 is 19.1 Å². The number of hydrogen-bond donors (Lipinski definition) is 1. The first-order chi connectivity index (χ1) is 15.1. The lowest BCUT2D eigenvalue weighted by Crippen LogP contribution is -2.34. The predicted molar refractivity (Wildman–Crippen MR) is 121 cm³/mol. The van der Waals surface area contributed by atoms with Gasteiger partial charge in [-0.05, 0) is 35.6 Å². The van der Waals surface area contributed by atoms with Crippen LogP contribution in [0.1, 0.15) is 10.4 Å². The summed E-state index contributed by atoms with van der Waals surface area (Å²) < 4.78 is 10.6. The molecule has 0 saturated heterocycles. The summed E-state index contributed by atoms with van der Waals surface area (Å²) in [6.07, 6.45) is 0.597. The minimum absolute atomic E-state index is 0.271. The van der Waals surface area contributed by atoms with Gasteiger partial charge >= 0.3 is 0 Å². The molecular weight excluding hydrogens is 412 g/mol. The van der Waals surface area contributed by atoms with Gasteiger partial charge in [-0.25, -0.2) is 0 Å². The standard InChI is InChI=1S/C24H22N2O4S/c1-29-18-11-10-17(15-19(18)30-2)25-22-21(20-9-6-14-31-20)23(27)26(24(22)28)13-12-16-7-4-3-5-8-16/h3-11,14-15,25H,12-13H2,1-2H3. The van der Waals surface area contributed by atoms with Gasteiger partial charge in [0.05, 0.1) is 19.8 Å². The Kier molecular flexibility index (Phi) is 6.04. The number of nitrogens with zero attached hydrogens (tertiary/aromatic N) is 1. The Morgan fingerprint density at radius 1 is 0.903 bits per heavy atom. The highest BCUT2D eigenvalue weighted by Crippen LogP contribution is 2.35. The van der Waals surface area contributed by atoms with E-state index in [1.807, 2.05) is 47.8 Å². The lowest BCUT2D eigenvalue weighted by atomic mass is 10.1. The van der Waals surface area contributed by atoms with E-state index in [9.17, 15) is 9.59 Å². The number of hydrogen-bond acceptors (Lipinski definition) is 6. The molecule has 31 heavy (non-hydrogen) atoms. The molecule has 0 saturated carbocycles. The van der Waals surface area contributed by atoms with Gasteiger partial charge in [0.2, 0.25) is 0 Å². The van der Waals surface area contributed by atoms with Crippen LogP contribution in [0.5, 0.6) is 11.5 Å². The highest BCUT2D eigenvalue weighted by atomic mass is 32.1. The van der Waals surface area contributed by atoms with Crippen molar-refractivity contribution in [2.24, 2.45) is 0 Å². The smallest absolute Gasteiger partial charge is 0.278 e. The molecule has 7 heteroatoms. The molecule has 1 aromatic heterocycles. The van der Waals surface area contributed by atoms with Crippen LogP contribution >= 0.6 is 11.3 Å². The molecule has 2 heterocycles. The Bertz CT molecular complexity index is 1120. The number of ether oxygens (including phenoxy) is 2. The van der Waals surface area contributed by atoms with E-state index < -0.39 is 0 Å². The van der Waals surface area contributed by atoms with Crippen LogP contribution in [-0.4, -0.2) is 37.5 Å². The summed E-state index contributed by atoms with van der Waals surface area (Å²) in [6, 6.07) is 18.8. The van der Waals surface area contributed by atoms with Crippen molar-refractivity contribution in [3.8, 4) is 11.5 Å². The van der Waals surface area contributed by atoms with Crippen LogP contribution in [0.25, 0.3) is 5.57 Å². The molecule has 158 valence electrons. The molecule has 0 spiro atoms. The van der Waals surface area contributed by atoms with E-state index in [2.05, 4.69) is 5.32 Å². The second-order valence-electron chi connectivity index (χ2n) is 6.92. The second-order valence-corrected chi connectivity index (χ2v) is 7.87. The zero-order valence-electron chi connectivity index (χ0n) is 17.3. The summed E-state index contributed by atoms with van der Waals surface area (Å²) in [5, 5.41) is 5.04. The molecule has 6 nitrogen and oxygen atoms in total. The summed E-state index contributed by atoms with van der Waals surface area (Å²) in [5.41, 5.74) is 2.37. The number of methoxy groups -OCH3 is 2. The maximum Gasteiger partial charge on any atom is 0.278 e. The number of imide groups is 1. The van der Waals surface area contributed by atoms with E-state index in [-0.39, 0.29) is 17.5 Å². The fourth-order valence-electron chi connectivity index (χ4n) is 3.49. The number of benzene rings is 2. The van der Waals surface area contributed by atoms with Gasteiger partial charge in [0.25, 0.3) is 11.8 Å². The average Bonchev–Trinajstić information content (AvgIpc) is 3.40. The number of thiophene rings is 1.